The molecule has 3 N–H and O–H groups in total. The molecule has 0 spiro atoms. The van der Waals surface area contributed by atoms with Crippen LogP contribution in [0.5, 0.6) is 5.75 Å². The van der Waals surface area contributed by atoms with Gasteiger partial charge < -0.3 is 10.5 Å². The Balaban J connectivity index is 2.13. The van der Waals surface area contributed by atoms with Crippen LogP contribution in [-0.4, -0.2) is 14.5 Å². The summed E-state index contributed by atoms with van der Waals surface area (Å²) in [7, 11) is -3.57. The minimum absolute atomic E-state index is 0.0769. The Morgan fingerprint density at radius 2 is 1.95 bits per heavy atom. The number of hydrogen-bond donors (Lipinski definition) is 2. The molecule has 21 heavy (non-hydrogen) atoms. The molecule has 0 saturated carbocycles. The number of sulfonamides is 1. The Hall–Kier alpha value is -1.57. The summed E-state index contributed by atoms with van der Waals surface area (Å²) in [5.74, 6) is 0.703. The van der Waals surface area contributed by atoms with E-state index in [1.54, 1.807) is 35.7 Å². The fourth-order valence-electron chi connectivity index (χ4n) is 1.70. The molecule has 0 unspecified atom stereocenters. The minimum Gasteiger partial charge on any atom is -0.491 e. The zero-order valence-electron chi connectivity index (χ0n) is 11.9. The lowest BCUT2D eigenvalue weighted by molar-refractivity contribution is 0.242. The summed E-state index contributed by atoms with van der Waals surface area (Å²) in [5.41, 5.74) is 5.99. The van der Waals surface area contributed by atoms with Gasteiger partial charge in [0.1, 0.15) is 5.75 Å². The zero-order chi connectivity index (χ0) is 15.5. The van der Waals surface area contributed by atoms with Crippen LogP contribution in [0.15, 0.2) is 40.6 Å². The smallest absolute Gasteiger partial charge is 0.262 e. The Kier molecular flexibility index (Phi) is 4.87. The zero-order valence-corrected chi connectivity index (χ0v) is 13.5. The van der Waals surface area contributed by atoms with Crippen molar-refractivity contribution in [2.24, 2.45) is 5.73 Å². The van der Waals surface area contributed by atoms with Crippen molar-refractivity contribution in [1.82, 2.24) is 0 Å². The van der Waals surface area contributed by atoms with Gasteiger partial charge in [-0.25, -0.2) is 8.42 Å². The van der Waals surface area contributed by atoms with Crippen molar-refractivity contribution in [3.63, 3.8) is 0 Å². The fraction of sp³-hybridized carbons (Fsp3) is 0.286. The number of nitrogens with two attached hydrogens (primary N) is 1. The first-order valence-corrected chi connectivity index (χ1v) is 8.84. The summed E-state index contributed by atoms with van der Waals surface area (Å²) >= 11 is 1.33. The van der Waals surface area contributed by atoms with Crippen molar-refractivity contribution in [2.45, 2.75) is 31.4 Å². The van der Waals surface area contributed by atoms with Crippen molar-refractivity contribution < 1.29 is 13.2 Å². The van der Waals surface area contributed by atoms with Crippen LogP contribution >= 0.6 is 11.3 Å². The average Bonchev–Trinajstić information content (AvgIpc) is 2.90. The molecule has 0 atom stereocenters. The average molecular weight is 326 g/mol. The molecule has 1 heterocycles. The first-order valence-electron chi connectivity index (χ1n) is 6.48. The molecule has 5 nitrogen and oxygen atoms in total. The second-order valence-electron chi connectivity index (χ2n) is 4.75. The lowest BCUT2D eigenvalue weighted by Crippen LogP contribution is -2.12. The molecule has 0 aliphatic rings. The van der Waals surface area contributed by atoms with Crippen LogP contribution < -0.4 is 15.2 Å². The molecule has 1 aromatic heterocycles. The van der Waals surface area contributed by atoms with Crippen LogP contribution in [0.3, 0.4) is 0 Å². The number of nitrogens with one attached hydrogen (secondary N) is 1. The SMILES string of the molecule is CC(C)Oc1ccc(NS(=O)(=O)c2csc(CN)c2)cc1. The molecular formula is C14H18N2O3S2. The molecule has 0 radical (unpaired) electrons. The van der Waals surface area contributed by atoms with E-state index in [0.717, 1.165) is 4.88 Å². The summed E-state index contributed by atoms with van der Waals surface area (Å²) < 4.78 is 32.5. The second kappa shape index (κ2) is 6.46. The van der Waals surface area contributed by atoms with Crippen molar-refractivity contribution >= 4 is 27.0 Å². The van der Waals surface area contributed by atoms with Gasteiger partial charge in [0.2, 0.25) is 0 Å². The highest BCUT2D eigenvalue weighted by Crippen LogP contribution is 2.23. The molecule has 0 saturated heterocycles. The first-order chi connectivity index (χ1) is 9.90. The van der Waals surface area contributed by atoms with Gasteiger partial charge in [0.25, 0.3) is 10.0 Å². The maximum atomic E-state index is 12.2. The fourth-order valence-corrected chi connectivity index (χ4v) is 3.91. The molecule has 0 amide bonds. The van der Waals surface area contributed by atoms with E-state index < -0.39 is 10.0 Å². The van der Waals surface area contributed by atoms with Gasteiger partial charge in [-0.3, -0.25) is 4.72 Å². The van der Waals surface area contributed by atoms with E-state index in [9.17, 15) is 8.42 Å². The Labute approximate surface area is 128 Å². The van der Waals surface area contributed by atoms with Crippen LogP contribution in [0.25, 0.3) is 0 Å². The maximum absolute atomic E-state index is 12.2. The highest BCUT2D eigenvalue weighted by molar-refractivity contribution is 7.92. The van der Waals surface area contributed by atoms with Gasteiger partial charge >= 0.3 is 0 Å². The molecule has 2 rings (SSSR count). The van der Waals surface area contributed by atoms with E-state index in [4.69, 9.17) is 10.5 Å². The summed E-state index contributed by atoms with van der Waals surface area (Å²) in [6, 6.07) is 8.40. The van der Waals surface area contributed by atoms with E-state index in [-0.39, 0.29) is 11.0 Å². The van der Waals surface area contributed by atoms with Crippen LogP contribution in [0.1, 0.15) is 18.7 Å². The number of hydrogen-bond acceptors (Lipinski definition) is 5. The van der Waals surface area contributed by atoms with Gasteiger partial charge in [-0.15, -0.1) is 11.3 Å². The summed E-state index contributed by atoms with van der Waals surface area (Å²) in [6.45, 7) is 4.20. The summed E-state index contributed by atoms with van der Waals surface area (Å²) in [5, 5.41) is 1.58. The van der Waals surface area contributed by atoms with Gasteiger partial charge in [-0.1, -0.05) is 0 Å². The predicted octanol–water partition coefficient (Wildman–Crippen LogP) is 2.79. The standard InChI is InChI=1S/C14H18N2O3S2/c1-10(2)19-12-5-3-11(4-6-12)16-21(17,18)14-7-13(8-15)20-9-14/h3-7,9-10,16H,8,15H2,1-2H3. The van der Waals surface area contributed by atoms with E-state index in [1.165, 1.54) is 11.3 Å². The Bertz CT molecular complexity index is 691. The van der Waals surface area contributed by atoms with Crippen LogP contribution in [0, 0.1) is 0 Å². The van der Waals surface area contributed by atoms with E-state index >= 15 is 0 Å². The molecular weight excluding hydrogens is 308 g/mol. The molecule has 0 aliphatic carbocycles. The lowest BCUT2D eigenvalue weighted by Gasteiger charge is -2.11. The van der Waals surface area contributed by atoms with E-state index in [0.29, 0.717) is 18.0 Å². The molecule has 0 fully saturated rings. The third kappa shape index (κ3) is 4.20. The number of ether oxygens (including phenoxy) is 1. The third-order valence-electron chi connectivity index (χ3n) is 2.62. The second-order valence-corrected chi connectivity index (χ2v) is 7.43. The van der Waals surface area contributed by atoms with Crippen molar-refractivity contribution in [3.05, 3.63) is 40.6 Å². The summed E-state index contributed by atoms with van der Waals surface area (Å²) in [4.78, 5) is 1.06. The summed E-state index contributed by atoms with van der Waals surface area (Å²) in [6.07, 6.45) is 0.0769. The van der Waals surface area contributed by atoms with E-state index in [2.05, 4.69) is 4.72 Å². The maximum Gasteiger partial charge on any atom is 0.262 e. The number of anilines is 1. The molecule has 0 aliphatic heterocycles. The van der Waals surface area contributed by atoms with Gasteiger partial charge in [-0.2, -0.15) is 0 Å². The normalized spacial score (nSPS) is 11.6. The quantitative estimate of drug-likeness (QED) is 0.855. The molecule has 114 valence electrons. The van der Waals surface area contributed by atoms with Gasteiger partial charge in [0.05, 0.1) is 11.0 Å². The van der Waals surface area contributed by atoms with E-state index in [1.807, 2.05) is 13.8 Å². The first kappa shape index (κ1) is 15.8. The number of rotatable bonds is 6. The Morgan fingerprint density at radius 1 is 1.29 bits per heavy atom. The predicted molar refractivity (Wildman–Crippen MR) is 85.2 cm³/mol. The third-order valence-corrected chi connectivity index (χ3v) is 5.09. The molecule has 0 bridgehead atoms. The van der Waals surface area contributed by atoms with Gasteiger partial charge in [0, 0.05) is 22.5 Å². The van der Waals surface area contributed by atoms with Crippen LogP contribution in [-0.2, 0) is 16.6 Å². The van der Waals surface area contributed by atoms with Crippen molar-refractivity contribution in [3.8, 4) is 5.75 Å². The highest BCUT2D eigenvalue weighted by Gasteiger charge is 2.16. The lowest BCUT2D eigenvalue weighted by atomic mass is 10.3. The van der Waals surface area contributed by atoms with Crippen LogP contribution in [0.2, 0.25) is 0 Å². The topological polar surface area (TPSA) is 81.4 Å². The molecule has 7 heteroatoms. The minimum atomic E-state index is -3.57. The monoisotopic (exact) mass is 326 g/mol. The van der Waals surface area contributed by atoms with Gasteiger partial charge in [0.15, 0.2) is 0 Å². The van der Waals surface area contributed by atoms with Crippen molar-refractivity contribution in [2.75, 3.05) is 4.72 Å². The van der Waals surface area contributed by atoms with Crippen molar-refractivity contribution in [1.29, 1.82) is 0 Å². The van der Waals surface area contributed by atoms with Crippen LogP contribution in [0.4, 0.5) is 5.69 Å². The number of thiophene rings is 1. The Morgan fingerprint density at radius 3 is 2.48 bits per heavy atom. The molecule has 1 aromatic carbocycles. The number of benzene rings is 1. The highest BCUT2D eigenvalue weighted by atomic mass is 32.2. The largest absolute Gasteiger partial charge is 0.491 e. The molecule has 2 aromatic rings. The van der Waals surface area contributed by atoms with Gasteiger partial charge in [-0.05, 0) is 44.2 Å².